The minimum Gasteiger partial charge on any atom is -0.435 e. The Balaban J connectivity index is 1.23. The predicted molar refractivity (Wildman–Crippen MR) is 136 cm³/mol. The largest absolute Gasteiger partial charge is 0.435 e. The fourth-order valence-corrected chi connectivity index (χ4v) is 4.31. The third-order valence-corrected chi connectivity index (χ3v) is 6.22. The van der Waals surface area contributed by atoms with Crippen molar-refractivity contribution < 1.29 is 32.3 Å². The molecule has 3 amide bonds. The standard InChI is InChI=1S/C28H26F3N3O4/c29-21-5-9-23(10-6-21)33-26(36)17-25(35)32-22-7-1-18(2-8-22)19-13-15-34(16-14-19)27(37)20-3-11-24(12-4-20)38-28(30)31/h1-12,19,28H,13-17H2,(H,32,35)(H,33,36). The van der Waals surface area contributed by atoms with E-state index >= 15 is 0 Å². The van der Waals surface area contributed by atoms with E-state index in [9.17, 15) is 27.6 Å². The van der Waals surface area contributed by atoms with E-state index in [4.69, 9.17) is 0 Å². The van der Waals surface area contributed by atoms with Gasteiger partial charge in [0.2, 0.25) is 11.8 Å². The van der Waals surface area contributed by atoms with Gasteiger partial charge in [-0.1, -0.05) is 12.1 Å². The van der Waals surface area contributed by atoms with Gasteiger partial charge < -0.3 is 20.3 Å². The smallest absolute Gasteiger partial charge is 0.387 e. The van der Waals surface area contributed by atoms with Crippen LogP contribution in [0.2, 0.25) is 0 Å². The molecule has 10 heteroatoms. The maximum absolute atomic E-state index is 13.0. The summed E-state index contributed by atoms with van der Waals surface area (Å²) < 4.78 is 41.9. The minimum atomic E-state index is -2.92. The van der Waals surface area contributed by atoms with Crippen LogP contribution >= 0.6 is 0 Å². The van der Waals surface area contributed by atoms with E-state index in [1.54, 1.807) is 17.0 Å². The Morgan fingerprint density at radius 3 is 1.87 bits per heavy atom. The number of anilines is 2. The van der Waals surface area contributed by atoms with Gasteiger partial charge in [-0.2, -0.15) is 8.78 Å². The Morgan fingerprint density at radius 2 is 1.34 bits per heavy atom. The molecule has 1 saturated heterocycles. The summed E-state index contributed by atoms with van der Waals surface area (Å²) in [5, 5.41) is 5.23. The molecule has 0 saturated carbocycles. The lowest BCUT2D eigenvalue weighted by molar-refractivity contribution is -0.123. The summed E-state index contributed by atoms with van der Waals surface area (Å²) in [5.74, 6) is -1.32. The van der Waals surface area contributed by atoms with Gasteiger partial charge in [-0.3, -0.25) is 14.4 Å². The van der Waals surface area contributed by atoms with Crippen molar-refractivity contribution in [2.45, 2.75) is 31.8 Å². The van der Waals surface area contributed by atoms with E-state index < -0.39 is 24.2 Å². The van der Waals surface area contributed by atoms with Gasteiger partial charge >= 0.3 is 6.61 Å². The Kier molecular flexibility index (Phi) is 8.62. The number of amides is 3. The topological polar surface area (TPSA) is 87.7 Å². The highest BCUT2D eigenvalue weighted by Crippen LogP contribution is 2.30. The number of nitrogens with zero attached hydrogens (tertiary/aromatic N) is 1. The highest BCUT2D eigenvalue weighted by atomic mass is 19.3. The predicted octanol–water partition coefficient (Wildman–Crippen LogP) is 5.41. The number of carbonyl (C=O) groups excluding carboxylic acids is 3. The van der Waals surface area contributed by atoms with Crippen LogP contribution in [-0.2, 0) is 9.59 Å². The third kappa shape index (κ3) is 7.34. The van der Waals surface area contributed by atoms with Gasteiger partial charge in [0.25, 0.3) is 5.91 Å². The molecule has 2 N–H and O–H groups in total. The number of hydrogen-bond acceptors (Lipinski definition) is 4. The van der Waals surface area contributed by atoms with Crippen molar-refractivity contribution in [3.8, 4) is 5.75 Å². The van der Waals surface area contributed by atoms with Crippen molar-refractivity contribution in [1.29, 1.82) is 0 Å². The molecule has 1 heterocycles. The first-order chi connectivity index (χ1) is 18.3. The Bertz CT molecular complexity index is 1260. The molecule has 198 valence electrons. The fourth-order valence-electron chi connectivity index (χ4n) is 4.31. The first-order valence-electron chi connectivity index (χ1n) is 12.1. The average molecular weight is 526 g/mol. The van der Waals surface area contributed by atoms with Crippen LogP contribution in [0.25, 0.3) is 0 Å². The van der Waals surface area contributed by atoms with Crippen molar-refractivity contribution in [3.05, 3.63) is 89.7 Å². The maximum atomic E-state index is 13.0. The van der Waals surface area contributed by atoms with Crippen LogP contribution in [0.5, 0.6) is 5.75 Å². The molecule has 0 aromatic heterocycles. The number of alkyl halides is 2. The molecule has 0 bridgehead atoms. The van der Waals surface area contributed by atoms with Gasteiger partial charge in [0.15, 0.2) is 0 Å². The molecular formula is C28H26F3N3O4. The second-order valence-corrected chi connectivity index (χ2v) is 8.87. The minimum absolute atomic E-state index is 0.00292. The molecule has 0 spiro atoms. The Hall–Kier alpha value is -4.34. The second-order valence-electron chi connectivity index (χ2n) is 8.87. The second kappa shape index (κ2) is 12.3. The number of ether oxygens (including phenoxy) is 1. The van der Waals surface area contributed by atoms with Gasteiger partial charge in [-0.15, -0.1) is 0 Å². The number of rotatable bonds is 8. The van der Waals surface area contributed by atoms with Crippen molar-refractivity contribution in [2.24, 2.45) is 0 Å². The fraction of sp³-hybridized carbons (Fsp3) is 0.250. The van der Waals surface area contributed by atoms with Crippen molar-refractivity contribution in [3.63, 3.8) is 0 Å². The van der Waals surface area contributed by atoms with Crippen LogP contribution < -0.4 is 15.4 Å². The molecule has 1 aliphatic heterocycles. The van der Waals surface area contributed by atoms with E-state index in [1.807, 2.05) is 12.1 Å². The number of likely N-dealkylation sites (tertiary alicyclic amines) is 1. The molecule has 0 atom stereocenters. The van der Waals surface area contributed by atoms with Gasteiger partial charge in [0.05, 0.1) is 0 Å². The Labute approximate surface area is 217 Å². The zero-order chi connectivity index (χ0) is 27.1. The van der Waals surface area contributed by atoms with E-state index in [0.717, 1.165) is 18.4 Å². The Morgan fingerprint density at radius 1 is 0.816 bits per heavy atom. The van der Waals surface area contributed by atoms with Gasteiger partial charge in [0.1, 0.15) is 18.0 Å². The van der Waals surface area contributed by atoms with E-state index in [-0.39, 0.29) is 24.0 Å². The lowest BCUT2D eigenvalue weighted by Gasteiger charge is -2.32. The van der Waals surface area contributed by atoms with E-state index in [2.05, 4.69) is 15.4 Å². The molecule has 38 heavy (non-hydrogen) atoms. The SMILES string of the molecule is O=C(CC(=O)Nc1ccc(C2CCN(C(=O)c3ccc(OC(F)F)cc3)CC2)cc1)Nc1ccc(F)cc1. The van der Waals surface area contributed by atoms with Crippen LogP contribution in [0.4, 0.5) is 24.5 Å². The molecule has 4 rings (SSSR count). The summed E-state index contributed by atoms with van der Waals surface area (Å²) in [6.07, 6.45) is 1.13. The maximum Gasteiger partial charge on any atom is 0.387 e. The number of benzene rings is 3. The van der Waals surface area contributed by atoms with Crippen molar-refractivity contribution in [2.75, 3.05) is 23.7 Å². The molecule has 3 aromatic carbocycles. The highest BCUT2D eigenvalue weighted by Gasteiger charge is 2.25. The highest BCUT2D eigenvalue weighted by molar-refractivity contribution is 6.08. The monoisotopic (exact) mass is 525 g/mol. The number of hydrogen-bond donors (Lipinski definition) is 2. The molecule has 1 aliphatic rings. The zero-order valence-electron chi connectivity index (χ0n) is 20.3. The summed E-state index contributed by atoms with van der Waals surface area (Å²) in [5.41, 5.74) is 2.45. The number of halogens is 3. The zero-order valence-corrected chi connectivity index (χ0v) is 20.3. The summed E-state index contributed by atoms with van der Waals surface area (Å²) in [7, 11) is 0. The van der Waals surface area contributed by atoms with Crippen LogP contribution in [0.15, 0.2) is 72.8 Å². The molecular weight excluding hydrogens is 499 g/mol. The number of piperidine rings is 1. The van der Waals surface area contributed by atoms with Crippen LogP contribution in [0.1, 0.15) is 41.1 Å². The normalized spacial score (nSPS) is 13.7. The molecule has 3 aromatic rings. The first-order valence-corrected chi connectivity index (χ1v) is 12.1. The summed E-state index contributed by atoms with van der Waals surface area (Å²) in [4.78, 5) is 38.8. The van der Waals surface area contributed by atoms with Gasteiger partial charge in [-0.05, 0) is 85.0 Å². The summed E-state index contributed by atoms with van der Waals surface area (Å²) >= 11 is 0. The lowest BCUT2D eigenvalue weighted by Crippen LogP contribution is -2.37. The van der Waals surface area contributed by atoms with Crippen molar-refractivity contribution in [1.82, 2.24) is 4.90 Å². The molecule has 7 nitrogen and oxygen atoms in total. The molecule has 1 fully saturated rings. The molecule has 0 aliphatic carbocycles. The quantitative estimate of drug-likeness (QED) is 0.385. The van der Waals surface area contributed by atoms with E-state index in [0.29, 0.717) is 30.0 Å². The lowest BCUT2D eigenvalue weighted by atomic mass is 9.89. The summed E-state index contributed by atoms with van der Waals surface area (Å²) in [6.45, 7) is -1.80. The third-order valence-electron chi connectivity index (χ3n) is 6.22. The average Bonchev–Trinajstić information content (AvgIpc) is 2.90. The number of nitrogens with one attached hydrogen (secondary N) is 2. The van der Waals surface area contributed by atoms with Crippen LogP contribution in [-0.4, -0.2) is 42.3 Å². The first kappa shape index (κ1) is 26.7. The van der Waals surface area contributed by atoms with Crippen LogP contribution in [0.3, 0.4) is 0 Å². The van der Waals surface area contributed by atoms with Gasteiger partial charge in [-0.25, -0.2) is 4.39 Å². The van der Waals surface area contributed by atoms with E-state index in [1.165, 1.54) is 48.5 Å². The summed E-state index contributed by atoms with van der Waals surface area (Å²) in [6, 6.07) is 18.3. The van der Waals surface area contributed by atoms with Gasteiger partial charge in [0, 0.05) is 30.0 Å². The number of carbonyl (C=O) groups is 3. The molecule has 0 radical (unpaired) electrons. The van der Waals surface area contributed by atoms with Crippen LogP contribution in [0, 0.1) is 5.82 Å². The van der Waals surface area contributed by atoms with Crippen molar-refractivity contribution >= 4 is 29.1 Å². The molecule has 0 unspecified atom stereocenters.